The third kappa shape index (κ3) is 4.61. The molecule has 0 atom stereocenters. The number of hydrogen-bond donors (Lipinski definition) is 1. The number of piperidine rings is 1. The summed E-state index contributed by atoms with van der Waals surface area (Å²) in [5.41, 5.74) is 11.0. The van der Waals surface area contributed by atoms with E-state index in [-0.39, 0.29) is 0 Å². The molecule has 3 aliphatic rings. The quantitative estimate of drug-likeness (QED) is 0.818. The fourth-order valence-corrected chi connectivity index (χ4v) is 4.86. The number of nitrogens with zero attached hydrogens (tertiary/aromatic N) is 3. The van der Waals surface area contributed by atoms with Crippen molar-refractivity contribution < 1.29 is 0 Å². The highest BCUT2D eigenvalue weighted by molar-refractivity contribution is 5.83. The Hall–Kier alpha value is -1.65. The van der Waals surface area contributed by atoms with Gasteiger partial charge in [0.05, 0.1) is 5.69 Å². The summed E-state index contributed by atoms with van der Waals surface area (Å²) in [6, 6.07) is 9.56. The molecular formula is C23H34N4. The maximum absolute atomic E-state index is 6.33. The first-order valence-electron chi connectivity index (χ1n) is 10.7. The van der Waals surface area contributed by atoms with Gasteiger partial charge in [-0.25, -0.2) is 0 Å². The van der Waals surface area contributed by atoms with Gasteiger partial charge in [-0.2, -0.15) is 0 Å². The molecule has 0 amide bonds. The molecule has 4 rings (SSSR count). The van der Waals surface area contributed by atoms with Crippen LogP contribution >= 0.6 is 0 Å². The second-order valence-electron chi connectivity index (χ2n) is 8.67. The molecular weight excluding hydrogens is 332 g/mol. The van der Waals surface area contributed by atoms with Crippen LogP contribution in [0.15, 0.2) is 40.5 Å². The van der Waals surface area contributed by atoms with Gasteiger partial charge < -0.3 is 10.6 Å². The van der Waals surface area contributed by atoms with E-state index in [2.05, 4.69) is 41.1 Å². The van der Waals surface area contributed by atoms with E-state index in [1.165, 1.54) is 69.2 Å². The lowest BCUT2D eigenvalue weighted by molar-refractivity contribution is 0.146. The molecule has 1 aromatic rings. The molecule has 27 heavy (non-hydrogen) atoms. The van der Waals surface area contributed by atoms with E-state index in [1.807, 2.05) is 6.21 Å². The molecule has 1 saturated carbocycles. The fourth-order valence-electron chi connectivity index (χ4n) is 4.86. The first-order valence-corrected chi connectivity index (χ1v) is 10.7. The molecule has 0 radical (unpaired) electrons. The van der Waals surface area contributed by atoms with Crippen LogP contribution in [0.25, 0.3) is 0 Å². The van der Waals surface area contributed by atoms with Crippen LogP contribution in [0.5, 0.6) is 0 Å². The Balaban J connectivity index is 1.34. The first kappa shape index (κ1) is 18.7. The monoisotopic (exact) mass is 366 g/mol. The Bertz CT molecular complexity index is 677. The predicted octanol–water partition coefficient (Wildman–Crippen LogP) is 4.06. The summed E-state index contributed by atoms with van der Waals surface area (Å²) in [4.78, 5) is 9.68. The third-order valence-corrected chi connectivity index (χ3v) is 6.70. The lowest BCUT2D eigenvalue weighted by Gasteiger charge is -2.35. The molecule has 2 fully saturated rings. The second-order valence-corrected chi connectivity index (χ2v) is 8.67. The van der Waals surface area contributed by atoms with Gasteiger partial charge in [0.15, 0.2) is 0 Å². The van der Waals surface area contributed by atoms with Gasteiger partial charge in [0.1, 0.15) is 0 Å². The van der Waals surface area contributed by atoms with Crippen LogP contribution in [0.1, 0.15) is 56.4 Å². The van der Waals surface area contributed by atoms with Crippen LogP contribution in [-0.2, 0) is 0 Å². The Kier molecular flexibility index (Phi) is 5.94. The van der Waals surface area contributed by atoms with Crippen molar-refractivity contribution in [1.29, 1.82) is 0 Å². The zero-order valence-electron chi connectivity index (χ0n) is 16.7. The van der Waals surface area contributed by atoms with Gasteiger partial charge in [-0.1, -0.05) is 31.4 Å². The minimum Gasteiger partial charge on any atom is -0.401 e. The largest absolute Gasteiger partial charge is 0.401 e. The molecule has 4 nitrogen and oxygen atoms in total. The summed E-state index contributed by atoms with van der Waals surface area (Å²) in [6.45, 7) is 4.23. The molecule has 4 heteroatoms. The van der Waals surface area contributed by atoms with Gasteiger partial charge >= 0.3 is 0 Å². The normalized spacial score (nSPS) is 24.3. The Labute approximate surface area is 164 Å². The maximum atomic E-state index is 6.33. The van der Waals surface area contributed by atoms with Crippen molar-refractivity contribution in [2.45, 2.75) is 56.9 Å². The van der Waals surface area contributed by atoms with Crippen molar-refractivity contribution >= 4 is 11.9 Å². The van der Waals surface area contributed by atoms with Crippen LogP contribution in [0.4, 0.5) is 5.69 Å². The zero-order chi connectivity index (χ0) is 18.6. The average molecular weight is 367 g/mol. The number of rotatable bonds is 4. The SMILES string of the molecule is CN1CCC(N2CC(N)=C(C=Nc3ccc(C4CCCCC4)cc3)C2)CC1. The molecule has 0 spiro atoms. The maximum Gasteiger partial charge on any atom is 0.0629 e. The summed E-state index contributed by atoms with van der Waals surface area (Å²) in [7, 11) is 2.21. The van der Waals surface area contributed by atoms with E-state index in [4.69, 9.17) is 10.7 Å². The Morgan fingerprint density at radius 3 is 2.37 bits per heavy atom. The number of benzene rings is 1. The minimum absolute atomic E-state index is 0.667. The molecule has 1 aromatic carbocycles. The molecule has 2 N–H and O–H groups in total. The van der Waals surface area contributed by atoms with Crippen molar-refractivity contribution in [3.63, 3.8) is 0 Å². The van der Waals surface area contributed by atoms with Crippen molar-refractivity contribution in [2.75, 3.05) is 33.2 Å². The van der Waals surface area contributed by atoms with Gasteiger partial charge in [-0.3, -0.25) is 9.89 Å². The summed E-state index contributed by atoms with van der Waals surface area (Å²) >= 11 is 0. The average Bonchev–Trinajstić information content (AvgIpc) is 3.08. The fraction of sp³-hybridized carbons (Fsp3) is 0.609. The molecule has 146 valence electrons. The lowest BCUT2D eigenvalue weighted by Crippen LogP contribution is -2.43. The highest BCUT2D eigenvalue weighted by atomic mass is 15.2. The van der Waals surface area contributed by atoms with Gasteiger partial charge in [0.25, 0.3) is 0 Å². The lowest BCUT2D eigenvalue weighted by atomic mass is 9.84. The number of hydrogen-bond acceptors (Lipinski definition) is 4. The first-order chi connectivity index (χ1) is 13.2. The summed E-state index contributed by atoms with van der Waals surface area (Å²) in [5.74, 6) is 0.757. The van der Waals surface area contributed by atoms with E-state index in [1.54, 1.807) is 0 Å². The van der Waals surface area contributed by atoms with E-state index < -0.39 is 0 Å². The van der Waals surface area contributed by atoms with Crippen LogP contribution < -0.4 is 5.73 Å². The van der Waals surface area contributed by atoms with Crippen molar-refractivity contribution in [1.82, 2.24) is 9.80 Å². The molecule has 0 aromatic heterocycles. The zero-order valence-corrected chi connectivity index (χ0v) is 16.7. The van der Waals surface area contributed by atoms with E-state index >= 15 is 0 Å². The minimum atomic E-state index is 0.667. The predicted molar refractivity (Wildman–Crippen MR) is 114 cm³/mol. The van der Waals surface area contributed by atoms with Gasteiger partial charge in [0.2, 0.25) is 0 Å². The Morgan fingerprint density at radius 2 is 1.67 bits per heavy atom. The van der Waals surface area contributed by atoms with Crippen molar-refractivity contribution in [3.05, 3.63) is 41.1 Å². The van der Waals surface area contributed by atoms with Crippen LogP contribution in [0.3, 0.4) is 0 Å². The number of aliphatic imine (C=N–C) groups is 1. The number of nitrogens with two attached hydrogens (primary N) is 1. The second kappa shape index (κ2) is 8.57. The van der Waals surface area contributed by atoms with Gasteiger partial charge in [-0.15, -0.1) is 0 Å². The molecule has 0 unspecified atom stereocenters. The molecule has 1 saturated heterocycles. The third-order valence-electron chi connectivity index (χ3n) is 6.70. The summed E-state index contributed by atoms with van der Waals surface area (Å²) < 4.78 is 0. The summed E-state index contributed by atoms with van der Waals surface area (Å²) in [5, 5.41) is 0. The number of likely N-dealkylation sites (tertiary alicyclic amines) is 1. The van der Waals surface area contributed by atoms with Crippen molar-refractivity contribution in [3.8, 4) is 0 Å². The van der Waals surface area contributed by atoms with Gasteiger partial charge in [0, 0.05) is 36.6 Å². The van der Waals surface area contributed by atoms with Crippen molar-refractivity contribution in [2.24, 2.45) is 10.7 Å². The molecule has 2 aliphatic heterocycles. The highest BCUT2D eigenvalue weighted by Crippen LogP contribution is 2.33. The molecule has 2 heterocycles. The van der Waals surface area contributed by atoms with Crippen LogP contribution in [0.2, 0.25) is 0 Å². The molecule has 1 aliphatic carbocycles. The topological polar surface area (TPSA) is 44.9 Å². The van der Waals surface area contributed by atoms with E-state index in [0.29, 0.717) is 6.04 Å². The van der Waals surface area contributed by atoms with Gasteiger partial charge in [-0.05, 0) is 69.4 Å². The van der Waals surface area contributed by atoms with Crippen LogP contribution in [-0.4, -0.2) is 55.3 Å². The summed E-state index contributed by atoms with van der Waals surface area (Å²) in [6.07, 6.45) is 11.4. The van der Waals surface area contributed by atoms with Crippen LogP contribution in [0, 0.1) is 0 Å². The van der Waals surface area contributed by atoms with E-state index in [9.17, 15) is 0 Å². The Morgan fingerprint density at radius 1 is 0.963 bits per heavy atom. The standard InChI is InChI=1S/C23H34N4/c1-26-13-11-22(12-14-26)27-16-20(23(24)17-27)15-25-21-9-7-19(8-10-21)18-5-3-2-4-6-18/h7-10,15,18,22H,2-6,11-14,16-17,24H2,1H3. The smallest absolute Gasteiger partial charge is 0.0629 e. The molecule has 0 bridgehead atoms. The van der Waals surface area contributed by atoms with E-state index in [0.717, 1.165) is 30.4 Å². The highest BCUT2D eigenvalue weighted by Gasteiger charge is 2.28.